The summed E-state index contributed by atoms with van der Waals surface area (Å²) in [5, 5.41) is 3.45. The lowest BCUT2D eigenvalue weighted by molar-refractivity contribution is 0.0942. The molecule has 0 bridgehead atoms. The van der Waals surface area contributed by atoms with Crippen molar-refractivity contribution in [3.63, 3.8) is 0 Å². The first kappa shape index (κ1) is 16.5. The SMILES string of the molecule is CN(C)[C@H](CNC(=O)c1ccccc1Cl)Cc1ccccc1. The molecule has 0 saturated carbocycles. The molecule has 3 nitrogen and oxygen atoms in total. The van der Waals surface area contributed by atoms with Gasteiger partial charge in [0.15, 0.2) is 0 Å². The molecule has 116 valence electrons. The smallest absolute Gasteiger partial charge is 0.252 e. The van der Waals surface area contributed by atoms with Crippen LogP contribution in [-0.2, 0) is 6.42 Å². The second-order valence-electron chi connectivity index (χ2n) is 5.50. The summed E-state index contributed by atoms with van der Waals surface area (Å²) in [7, 11) is 4.05. The van der Waals surface area contributed by atoms with Crippen LogP contribution >= 0.6 is 11.6 Å². The molecule has 2 aromatic carbocycles. The minimum Gasteiger partial charge on any atom is -0.350 e. The van der Waals surface area contributed by atoms with Gasteiger partial charge in [-0.15, -0.1) is 0 Å². The van der Waals surface area contributed by atoms with Crippen LogP contribution in [0.15, 0.2) is 54.6 Å². The van der Waals surface area contributed by atoms with Gasteiger partial charge in [0, 0.05) is 12.6 Å². The first-order chi connectivity index (χ1) is 10.6. The maximum Gasteiger partial charge on any atom is 0.252 e. The first-order valence-electron chi connectivity index (χ1n) is 7.31. The Balaban J connectivity index is 1.97. The molecule has 1 amide bonds. The summed E-state index contributed by atoms with van der Waals surface area (Å²) in [6, 6.07) is 17.6. The lowest BCUT2D eigenvalue weighted by Crippen LogP contribution is -2.41. The molecule has 4 heteroatoms. The van der Waals surface area contributed by atoms with Gasteiger partial charge in [0.1, 0.15) is 0 Å². The number of benzene rings is 2. The lowest BCUT2D eigenvalue weighted by Gasteiger charge is -2.25. The number of halogens is 1. The van der Waals surface area contributed by atoms with Crippen molar-refractivity contribution in [1.82, 2.24) is 10.2 Å². The first-order valence-corrected chi connectivity index (χ1v) is 7.69. The van der Waals surface area contributed by atoms with Gasteiger partial charge in [0.2, 0.25) is 0 Å². The van der Waals surface area contributed by atoms with Crippen molar-refractivity contribution in [2.75, 3.05) is 20.6 Å². The fraction of sp³-hybridized carbons (Fsp3) is 0.278. The van der Waals surface area contributed by atoms with E-state index in [1.165, 1.54) is 5.56 Å². The number of nitrogens with one attached hydrogen (secondary N) is 1. The zero-order valence-corrected chi connectivity index (χ0v) is 13.7. The molecule has 2 aromatic rings. The Morgan fingerprint density at radius 1 is 1.09 bits per heavy atom. The van der Waals surface area contributed by atoms with Gasteiger partial charge in [-0.25, -0.2) is 0 Å². The van der Waals surface area contributed by atoms with Crippen LogP contribution in [0.4, 0.5) is 0 Å². The van der Waals surface area contributed by atoms with Gasteiger partial charge in [0.25, 0.3) is 5.91 Å². The molecule has 0 aliphatic rings. The molecule has 0 heterocycles. The van der Waals surface area contributed by atoms with Gasteiger partial charge in [-0.05, 0) is 38.2 Å². The van der Waals surface area contributed by atoms with Crippen LogP contribution in [-0.4, -0.2) is 37.5 Å². The molecular weight excluding hydrogens is 296 g/mol. The van der Waals surface area contributed by atoms with Crippen LogP contribution in [0.3, 0.4) is 0 Å². The Bertz CT molecular complexity index is 613. The van der Waals surface area contributed by atoms with E-state index in [2.05, 4.69) is 22.3 Å². The van der Waals surface area contributed by atoms with Crippen LogP contribution in [0.5, 0.6) is 0 Å². The average Bonchev–Trinajstić information content (AvgIpc) is 2.52. The third-order valence-electron chi connectivity index (χ3n) is 3.66. The van der Waals surface area contributed by atoms with Crippen molar-refractivity contribution < 1.29 is 4.79 Å². The number of nitrogens with zero attached hydrogens (tertiary/aromatic N) is 1. The number of likely N-dealkylation sites (N-methyl/N-ethyl adjacent to an activating group) is 1. The highest BCUT2D eigenvalue weighted by atomic mass is 35.5. The van der Waals surface area contributed by atoms with Crippen LogP contribution in [0, 0.1) is 0 Å². The molecule has 0 aromatic heterocycles. The predicted molar refractivity (Wildman–Crippen MR) is 91.4 cm³/mol. The predicted octanol–water partition coefficient (Wildman–Crippen LogP) is 3.24. The van der Waals surface area contributed by atoms with E-state index in [-0.39, 0.29) is 11.9 Å². The van der Waals surface area contributed by atoms with E-state index in [0.29, 0.717) is 17.1 Å². The van der Waals surface area contributed by atoms with E-state index in [1.54, 1.807) is 12.1 Å². The van der Waals surface area contributed by atoms with Gasteiger partial charge in [-0.1, -0.05) is 54.1 Å². The second kappa shape index (κ2) is 7.97. The van der Waals surface area contributed by atoms with Gasteiger partial charge >= 0.3 is 0 Å². The van der Waals surface area contributed by atoms with E-state index in [9.17, 15) is 4.79 Å². The molecule has 0 fully saturated rings. The number of carbonyl (C=O) groups is 1. The Labute approximate surface area is 136 Å². The lowest BCUT2D eigenvalue weighted by atomic mass is 10.0. The van der Waals surface area contributed by atoms with Crippen molar-refractivity contribution in [2.45, 2.75) is 12.5 Å². The maximum atomic E-state index is 12.2. The van der Waals surface area contributed by atoms with E-state index < -0.39 is 0 Å². The number of carbonyl (C=O) groups excluding carboxylic acids is 1. The van der Waals surface area contributed by atoms with E-state index in [4.69, 9.17) is 11.6 Å². The molecular formula is C18H21ClN2O. The monoisotopic (exact) mass is 316 g/mol. The van der Waals surface area contributed by atoms with Gasteiger partial charge in [0.05, 0.1) is 10.6 Å². The standard InChI is InChI=1S/C18H21ClN2O/c1-21(2)15(12-14-8-4-3-5-9-14)13-20-18(22)16-10-6-7-11-17(16)19/h3-11,15H,12-13H2,1-2H3,(H,20,22)/t15-/m0/s1. The topological polar surface area (TPSA) is 32.3 Å². The van der Waals surface area contributed by atoms with Crippen molar-refractivity contribution in [1.29, 1.82) is 0 Å². The Kier molecular flexibility index (Phi) is 5.99. The summed E-state index contributed by atoms with van der Waals surface area (Å²) in [6.45, 7) is 0.575. The van der Waals surface area contributed by atoms with Gasteiger partial charge in [-0.3, -0.25) is 4.79 Å². The van der Waals surface area contributed by atoms with Crippen LogP contribution in [0.2, 0.25) is 5.02 Å². The van der Waals surface area contributed by atoms with Crippen molar-refractivity contribution in [3.8, 4) is 0 Å². The molecule has 22 heavy (non-hydrogen) atoms. The average molecular weight is 317 g/mol. The van der Waals surface area contributed by atoms with E-state index in [0.717, 1.165) is 6.42 Å². The highest BCUT2D eigenvalue weighted by Crippen LogP contribution is 2.14. The maximum absolute atomic E-state index is 12.2. The largest absolute Gasteiger partial charge is 0.350 e. The van der Waals surface area contributed by atoms with Gasteiger partial charge < -0.3 is 10.2 Å². The molecule has 0 aliphatic carbocycles. The summed E-state index contributed by atoms with van der Waals surface area (Å²) < 4.78 is 0. The molecule has 0 aliphatic heterocycles. The Morgan fingerprint density at radius 2 is 1.73 bits per heavy atom. The van der Waals surface area contributed by atoms with Gasteiger partial charge in [-0.2, -0.15) is 0 Å². The minimum atomic E-state index is -0.134. The Hall–Kier alpha value is -1.84. The summed E-state index contributed by atoms with van der Waals surface area (Å²) >= 11 is 6.06. The van der Waals surface area contributed by atoms with Crippen molar-refractivity contribution in [2.24, 2.45) is 0 Å². The van der Waals surface area contributed by atoms with E-state index >= 15 is 0 Å². The zero-order valence-electron chi connectivity index (χ0n) is 12.9. The minimum absolute atomic E-state index is 0.134. The molecule has 0 saturated heterocycles. The second-order valence-corrected chi connectivity index (χ2v) is 5.90. The number of amides is 1. The quantitative estimate of drug-likeness (QED) is 0.887. The summed E-state index contributed by atoms with van der Waals surface area (Å²) in [4.78, 5) is 14.4. The highest BCUT2D eigenvalue weighted by molar-refractivity contribution is 6.33. The molecule has 0 unspecified atom stereocenters. The summed E-state index contributed by atoms with van der Waals surface area (Å²) in [5.74, 6) is -0.134. The molecule has 1 N–H and O–H groups in total. The highest BCUT2D eigenvalue weighted by Gasteiger charge is 2.15. The third-order valence-corrected chi connectivity index (χ3v) is 3.99. The van der Waals surface area contributed by atoms with Crippen molar-refractivity contribution in [3.05, 3.63) is 70.7 Å². The summed E-state index contributed by atoms with van der Waals surface area (Å²) in [6.07, 6.45) is 0.886. The van der Waals surface area contributed by atoms with Crippen LogP contribution in [0.1, 0.15) is 15.9 Å². The van der Waals surface area contributed by atoms with Crippen molar-refractivity contribution >= 4 is 17.5 Å². The number of hydrogen-bond donors (Lipinski definition) is 1. The van der Waals surface area contributed by atoms with Crippen LogP contribution < -0.4 is 5.32 Å². The fourth-order valence-electron chi connectivity index (χ4n) is 2.27. The fourth-order valence-corrected chi connectivity index (χ4v) is 2.50. The van der Waals surface area contributed by atoms with Crippen LogP contribution in [0.25, 0.3) is 0 Å². The number of hydrogen-bond acceptors (Lipinski definition) is 2. The number of rotatable bonds is 6. The molecule has 0 spiro atoms. The molecule has 0 radical (unpaired) electrons. The third kappa shape index (κ3) is 4.58. The van der Waals surface area contributed by atoms with E-state index in [1.807, 2.05) is 44.4 Å². The molecule has 2 rings (SSSR count). The Morgan fingerprint density at radius 3 is 2.36 bits per heavy atom. The molecule has 1 atom stereocenters. The summed E-state index contributed by atoms with van der Waals surface area (Å²) in [5.41, 5.74) is 1.77. The normalized spacial score (nSPS) is 12.2. The zero-order chi connectivity index (χ0) is 15.9.